The third-order valence-electron chi connectivity index (χ3n) is 1.69. The van der Waals surface area contributed by atoms with Crippen molar-refractivity contribution in [3.8, 4) is 0 Å². The van der Waals surface area contributed by atoms with Gasteiger partial charge in [0.1, 0.15) is 0 Å². The quantitative estimate of drug-likeness (QED) is 0.606. The van der Waals surface area contributed by atoms with Crippen LogP contribution in [0.3, 0.4) is 0 Å². The van der Waals surface area contributed by atoms with E-state index in [2.05, 4.69) is 0 Å². The topological polar surface area (TPSA) is 0 Å². The second-order valence-corrected chi connectivity index (χ2v) is 13.4. The Morgan fingerprint density at radius 1 is 1.08 bits per heavy atom. The van der Waals surface area contributed by atoms with Gasteiger partial charge in [0.15, 0.2) is 0 Å². The highest BCUT2D eigenvalue weighted by molar-refractivity contribution is 8.79. The molecule has 0 aliphatic rings. The molecule has 13 heavy (non-hydrogen) atoms. The smallest absolute Gasteiger partial charge is 0.0347 e. The molecule has 0 amide bonds. The lowest BCUT2D eigenvalue weighted by Crippen LogP contribution is -2.30. The minimum absolute atomic E-state index is 0.0675. The summed E-state index contributed by atoms with van der Waals surface area (Å²) in [6, 6.07) is 0. The van der Waals surface area contributed by atoms with E-state index in [9.17, 15) is 0 Å². The Bertz CT molecular complexity index is 174. The summed E-state index contributed by atoms with van der Waals surface area (Å²) in [5, 5.41) is 0. The summed E-state index contributed by atoms with van der Waals surface area (Å²) in [6.07, 6.45) is 0.778. The predicted molar refractivity (Wildman–Crippen MR) is 71.4 cm³/mol. The zero-order valence-electron chi connectivity index (χ0n) is 8.04. The lowest BCUT2D eigenvalue weighted by Gasteiger charge is -2.40. The van der Waals surface area contributed by atoms with Crippen molar-refractivity contribution >= 4 is 61.4 Å². The molecule has 0 saturated heterocycles. The molecule has 0 nitrogen and oxygen atoms in total. The van der Waals surface area contributed by atoms with E-state index >= 15 is 0 Å². The zero-order chi connectivity index (χ0) is 10.9. The Morgan fingerprint density at radius 3 is 1.69 bits per heavy atom. The molecular weight excluding hydrogens is 290 g/mol. The molecule has 6 heteroatoms. The maximum atomic E-state index is 5.95. The van der Waals surface area contributed by atoms with Gasteiger partial charge in [-0.3, -0.25) is 0 Å². The lowest BCUT2D eigenvalue weighted by molar-refractivity contribution is 0.543. The number of halogens is 4. The highest BCUT2D eigenvalue weighted by atomic mass is 36.2. The fraction of sp³-hybridized carbons (Fsp3) is 1.00. The first-order valence-electron chi connectivity index (χ1n) is 3.73. The summed E-state index contributed by atoms with van der Waals surface area (Å²) >= 11 is 0. The first kappa shape index (κ1) is 14.9. The molecule has 0 fully saturated rings. The van der Waals surface area contributed by atoms with E-state index in [1.165, 1.54) is 11.0 Å². The van der Waals surface area contributed by atoms with Crippen LogP contribution < -0.4 is 0 Å². The Labute approximate surface area is 104 Å². The summed E-state index contributed by atoms with van der Waals surface area (Å²) in [4.78, 5) is 0. The fourth-order valence-electron chi connectivity index (χ4n) is 1.13. The molecule has 0 spiro atoms. The van der Waals surface area contributed by atoms with E-state index in [0.29, 0.717) is 0 Å². The van der Waals surface area contributed by atoms with Crippen LogP contribution in [0, 0.1) is 0 Å². The second-order valence-electron chi connectivity index (χ2n) is 4.18. The fourth-order valence-corrected chi connectivity index (χ4v) is 2.82. The normalized spacial score (nSPS) is 16.0. The first-order chi connectivity index (χ1) is 5.52. The van der Waals surface area contributed by atoms with Crippen LogP contribution in [0.4, 0.5) is 0 Å². The van der Waals surface area contributed by atoms with Gasteiger partial charge in [-0.25, -0.2) is 0 Å². The third kappa shape index (κ3) is 4.94. The summed E-state index contributed by atoms with van der Waals surface area (Å²) in [7, 11) is 22.8. The summed E-state index contributed by atoms with van der Waals surface area (Å²) in [5.74, 6) is 0. The first-order valence-corrected chi connectivity index (χ1v) is 9.49. The van der Waals surface area contributed by atoms with Crippen LogP contribution in [0.1, 0.15) is 34.1 Å². The molecule has 0 saturated carbocycles. The van der Waals surface area contributed by atoms with Crippen LogP contribution in [-0.4, -0.2) is 9.49 Å². The van der Waals surface area contributed by atoms with E-state index < -0.39 is 7.67 Å². The van der Waals surface area contributed by atoms with Gasteiger partial charge < -0.3 is 0 Å². The molecule has 0 aromatic carbocycles. The number of hydrogen-bond acceptors (Lipinski definition) is 1. The van der Waals surface area contributed by atoms with Crippen molar-refractivity contribution in [3.63, 3.8) is 0 Å². The molecule has 0 N–H and O–H groups in total. The standard InChI is InChI=1S/C7H14Cl4S2/c1-6(2,12-8)5-7(3,4)13(9,10)11/h5H2,1-4H3. The van der Waals surface area contributed by atoms with Gasteiger partial charge in [-0.1, -0.05) is 0 Å². The van der Waals surface area contributed by atoms with Crippen LogP contribution in [-0.2, 0) is 0 Å². The minimum Gasteiger partial charge on any atom is -0.0495 e. The molecule has 0 unspecified atom stereocenters. The maximum absolute atomic E-state index is 5.95. The van der Waals surface area contributed by atoms with E-state index in [1.54, 1.807) is 0 Å². The van der Waals surface area contributed by atoms with Crippen molar-refractivity contribution in [2.24, 2.45) is 0 Å². The molecule has 0 aliphatic carbocycles. The Kier molecular flexibility index (Phi) is 5.48. The van der Waals surface area contributed by atoms with Crippen LogP contribution in [0.25, 0.3) is 0 Å². The van der Waals surface area contributed by atoms with E-state index in [4.69, 9.17) is 42.7 Å². The van der Waals surface area contributed by atoms with Crippen LogP contribution in [0.5, 0.6) is 0 Å². The number of rotatable bonds is 4. The van der Waals surface area contributed by atoms with Gasteiger partial charge in [0.05, 0.1) is 0 Å². The SMILES string of the molecule is CC(C)(CC(C)(C)S(Cl)(Cl)Cl)SCl. The van der Waals surface area contributed by atoms with Gasteiger partial charge in [-0.2, -0.15) is 0 Å². The molecule has 0 atom stereocenters. The average Bonchev–Trinajstić information content (AvgIpc) is 1.83. The highest BCUT2D eigenvalue weighted by Gasteiger charge is 2.40. The Hall–Kier alpha value is 1.86. The zero-order valence-corrected chi connectivity index (χ0v) is 12.7. The second kappa shape index (κ2) is 4.80. The summed E-state index contributed by atoms with van der Waals surface area (Å²) in [5.41, 5.74) is 0. The summed E-state index contributed by atoms with van der Waals surface area (Å²) < 4.78 is -0.370. The van der Waals surface area contributed by atoms with Gasteiger partial charge in [0, 0.05) is 17.2 Å². The van der Waals surface area contributed by atoms with Crippen molar-refractivity contribution < 1.29 is 0 Å². The molecule has 0 aliphatic heterocycles. The third-order valence-corrected chi connectivity index (χ3v) is 8.66. The maximum Gasteiger partial charge on any atom is 0.0347 e. The Morgan fingerprint density at radius 2 is 1.46 bits per heavy atom. The van der Waals surface area contributed by atoms with Crippen molar-refractivity contribution in [1.29, 1.82) is 0 Å². The van der Waals surface area contributed by atoms with E-state index in [1.807, 2.05) is 27.7 Å². The Balaban J connectivity index is 4.52. The van der Waals surface area contributed by atoms with Crippen LogP contribution in [0.15, 0.2) is 0 Å². The van der Waals surface area contributed by atoms with Gasteiger partial charge in [-0.15, -0.1) is 0 Å². The predicted octanol–water partition coefficient (Wildman–Crippen LogP) is 6.09. The minimum atomic E-state index is -2.10. The molecule has 0 radical (unpaired) electrons. The molecule has 82 valence electrons. The van der Waals surface area contributed by atoms with Crippen molar-refractivity contribution in [1.82, 2.24) is 0 Å². The molecule has 0 rings (SSSR count). The molecule has 0 aromatic heterocycles. The molecule has 0 heterocycles. The van der Waals surface area contributed by atoms with Gasteiger partial charge in [0.25, 0.3) is 0 Å². The highest BCUT2D eigenvalue weighted by Crippen LogP contribution is 2.73. The monoisotopic (exact) mass is 302 g/mol. The van der Waals surface area contributed by atoms with Crippen LogP contribution >= 0.6 is 61.4 Å². The van der Waals surface area contributed by atoms with Crippen molar-refractivity contribution in [3.05, 3.63) is 0 Å². The number of hydrogen-bond donors (Lipinski definition) is 0. The van der Waals surface area contributed by atoms with Gasteiger partial charge >= 0.3 is 0 Å². The van der Waals surface area contributed by atoms with Gasteiger partial charge in [-0.05, 0) is 87.8 Å². The van der Waals surface area contributed by atoms with Crippen molar-refractivity contribution in [2.75, 3.05) is 0 Å². The van der Waals surface area contributed by atoms with E-state index in [-0.39, 0.29) is 9.49 Å². The van der Waals surface area contributed by atoms with Crippen molar-refractivity contribution in [2.45, 2.75) is 43.6 Å². The van der Waals surface area contributed by atoms with E-state index in [0.717, 1.165) is 6.42 Å². The molecular formula is C7H14Cl4S2. The molecule has 0 aromatic rings. The average molecular weight is 304 g/mol. The van der Waals surface area contributed by atoms with Crippen LogP contribution in [0.2, 0.25) is 0 Å². The molecule has 0 bridgehead atoms. The summed E-state index contributed by atoms with van der Waals surface area (Å²) in [6.45, 7) is 8.01. The van der Waals surface area contributed by atoms with Gasteiger partial charge in [0.2, 0.25) is 0 Å². The largest absolute Gasteiger partial charge is 0.0495 e. The lowest BCUT2D eigenvalue weighted by atomic mass is 9.99.